The van der Waals surface area contributed by atoms with Gasteiger partial charge in [-0.15, -0.1) is 11.8 Å². The molecule has 0 bridgehead atoms. The zero-order chi connectivity index (χ0) is 24.1. The van der Waals surface area contributed by atoms with Gasteiger partial charge >= 0.3 is 6.09 Å². The maximum Gasteiger partial charge on any atom is 0.414 e. The molecule has 4 heterocycles. The molecule has 3 aliphatic heterocycles. The van der Waals surface area contributed by atoms with Crippen molar-refractivity contribution in [1.29, 1.82) is 0 Å². The predicted molar refractivity (Wildman–Crippen MR) is 129 cm³/mol. The summed E-state index contributed by atoms with van der Waals surface area (Å²) in [6.07, 6.45) is 1.93. The minimum Gasteiger partial charge on any atom is -0.444 e. The molecule has 1 saturated heterocycles. The van der Waals surface area contributed by atoms with Crippen molar-refractivity contribution in [3.63, 3.8) is 0 Å². The fraction of sp³-hybridized carbons (Fsp3) is 0.333. The molecule has 9 nitrogen and oxygen atoms in total. The number of amides is 2. The van der Waals surface area contributed by atoms with E-state index in [1.54, 1.807) is 21.6 Å². The summed E-state index contributed by atoms with van der Waals surface area (Å²) < 4.78 is 21.7. The molecule has 2 atom stereocenters. The highest BCUT2D eigenvalue weighted by atomic mass is 32.2. The highest BCUT2D eigenvalue weighted by molar-refractivity contribution is 8.00. The first-order valence-electron chi connectivity index (χ1n) is 11.4. The molecule has 2 aromatic carbocycles. The third kappa shape index (κ3) is 3.94. The average Bonchev–Trinajstić information content (AvgIpc) is 3.42. The second-order valence-corrected chi connectivity index (χ2v) is 9.84. The zero-order valence-corrected chi connectivity index (χ0v) is 19.4. The van der Waals surface area contributed by atoms with Crippen molar-refractivity contribution in [2.75, 3.05) is 29.1 Å². The fourth-order valence-electron chi connectivity index (χ4n) is 4.95. The lowest BCUT2D eigenvalue weighted by Crippen LogP contribution is -2.27. The SMILES string of the molecule is O=C1CSc2ccc(N3C[C@@H](CCCN[C@@H]4Cn5c(=O)cnc6ccc(F)c4c65)OC3=O)cc2N1. The fourth-order valence-corrected chi connectivity index (χ4v) is 5.73. The molecule has 2 amide bonds. The Morgan fingerprint density at radius 2 is 2.09 bits per heavy atom. The molecule has 180 valence electrons. The molecule has 3 aliphatic rings. The van der Waals surface area contributed by atoms with E-state index in [9.17, 15) is 18.8 Å². The van der Waals surface area contributed by atoms with E-state index in [0.717, 1.165) is 4.90 Å². The lowest BCUT2D eigenvalue weighted by atomic mass is 10.1. The van der Waals surface area contributed by atoms with Gasteiger partial charge in [-0.25, -0.2) is 14.2 Å². The van der Waals surface area contributed by atoms with Crippen LogP contribution < -0.4 is 21.1 Å². The number of fused-ring (bicyclic) bond motifs is 1. The largest absolute Gasteiger partial charge is 0.444 e. The number of ether oxygens (including phenoxy) is 1. The van der Waals surface area contributed by atoms with E-state index in [4.69, 9.17) is 4.74 Å². The van der Waals surface area contributed by atoms with Crippen LogP contribution in [-0.2, 0) is 16.1 Å². The molecule has 0 aliphatic carbocycles. The van der Waals surface area contributed by atoms with Gasteiger partial charge in [-0.3, -0.25) is 14.5 Å². The average molecular weight is 496 g/mol. The Morgan fingerprint density at radius 1 is 1.20 bits per heavy atom. The maximum atomic E-state index is 14.6. The standard InChI is InChI=1S/C24H22FN5O4S/c25-15-4-5-16-23-22(15)18(11-30(23)21(32)9-27-16)26-7-1-2-14-10-29(24(33)34-14)13-3-6-19-17(8-13)28-20(31)12-35-19/h3-6,8-9,14,18,26H,1-2,7,10-12H2,(H,28,31)/t14-,18-/m1/s1. The molecule has 6 rings (SSSR count). The van der Waals surface area contributed by atoms with E-state index in [0.29, 0.717) is 66.2 Å². The lowest BCUT2D eigenvalue weighted by Gasteiger charge is -2.20. The summed E-state index contributed by atoms with van der Waals surface area (Å²) in [4.78, 5) is 43.1. The van der Waals surface area contributed by atoms with Crippen molar-refractivity contribution >= 4 is 46.2 Å². The Bertz CT molecular complexity index is 1430. The summed E-state index contributed by atoms with van der Waals surface area (Å²) in [6.45, 7) is 1.35. The predicted octanol–water partition coefficient (Wildman–Crippen LogP) is 3.03. The number of carbonyl (C=O) groups excluding carboxylic acids is 2. The van der Waals surface area contributed by atoms with Crippen molar-refractivity contribution in [3.05, 3.63) is 58.3 Å². The summed E-state index contributed by atoms with van der Waals surface area (Å²) in [7, 11) is 0. The number of thioether (sulfide) groups is 1. The quantitative estimate of drug-likeness (QED) is 0.507. The number of rotatable bonds is 6. The van der Waals surface area contributed by atoms with E-state index in [2.05, 4.69) is 15.6 Å². The Kier molecular flexibility index (Phi) is 5.45. The summed E-state index contributed by atoms with van der Waals surface area (Å²) >= 11 is 1.47. The minimum absolute atomic E-state index is 0.0587. The molecule has 11 heteroatoms. The molecule has 3 aromatic rings. The molecule has 0 unspecified atom stereocenters. The number of nitrogens with one attached hydrogen (secondary N) is 2. The van der Waals surface area contributed by atoms with E-state index in [1.165, 1.54) is 24.0 Å². The first-order valence-corrected chi connectivity index (χ1v) is 12.4. The van der Waals surface area contributed by atoms with Crippen molar-refractivity contribution in [2.24, 2.45) is 0 Å². The maximum absolute atomic E-state index is 14.6. The third-order valence-electron chi connectivity index (χ3n) is 6.58. The Hall–Kier alpha value is -3.44. The minimum atomic E-state index is -0.412. The van der Waals surface area contributed by atoms with Gasteiger partial charge in [0.15, 0.2) is 0 Å². The smallest absolute Gasteiger partial charge is 0.414 e. The van der Waals surface area contributed by atoms with Crippen molar-refractivity contribution in [2.45, 2.75) is 36.4 Å². The van der Waals surface area contributed by atoms with Crippen LogP contribution in [-0.4, -0.2) is 46.5 Å². The summed E-state index contributed by atoms with van der Waals surface area (Å²) in [5.74, 6) is -0.0263. The Morgan fingerprint density at radius 3 is 2.97 bits per heavy atom. The highest BCUT2D eigenvalue weighted by Gasteiger charge is 2.33. The molecule has 0 spiro atoms. The second kappa shape index (κ2) is 8.65. The number of hydrogen-bond acceptors (Lipinski definition) is 7. The number of halogens is 1. The van der Waals surface area contributed by atoms with Crippen LogP contribution in [0.1, 0.15) is 24.4 Å². The van der Waals surface area contributed by atoms with E-state index < -0.39 is 6.09 Å². The van der Waals surface area contributed by atoms with Gasteiger partial charge in [-0.1, -0.05) is 0 Å². The first-order chi connectivity index (χ1) is 17.0. The number of hydrogen-bond donors (Lipinski definition) is 2. The van der Waals surface area contributed by atoms with Crippen LogP contribution in [0.2, 0.25) is 0 Å². The summed E-state index contributed by atoms with van der Waals surface area (Å²) in [5, 5.41) is 6.19. The molecule has 1 fully saturated rings. The van der Waals surface area contributed by atoms with E-state index in [-0.39, 0.29) is 29.4 Å². The van der Waals surface area contributed by atoms with Gasteiger partial charge in [-0.2, -0.15) is 0 Å². The molecule has 1 aromatic heterocycles. The van der Waals surface area contributed by atoms with E-state index >= 15 is 0 Å². The normalized spacial score (nSPS) is 20.8. The van der Waals surface area contributed by atoms with Crippen LogP contribution >= 0.6 is 11.8 Å². The molecule has 35 heavy (non-hydrogen) atoms. The number of carbonyl (C=O) groups is 2. The van der Waals surface area contributed by atoms with Crippen LogP contribution in [0.15, 0.2) is 46.2 Å². The van der Waals surface area contributed by atoms with Crippen LogP contribution in [0.4, 0.5) is 20.6 Å². The van der Waals surface area contributed by atoms with Crippen molar-refractivity contribution < 1.29 is 18.7 Å². The number of nitrogens with zero attached hydrogens (tertiary/aromatic N) is 3. The number of aromatic nitrogens is 2. The first kappa shape index (κ1) is 22.1. The van der Waals surface area contributed by atoms with Crippen molar-refractivity contribution in [1.82, 2.24) is 14.9 Å². The van der Waals surface area contributed by atoms with Gasteiger partial charge in [-0.05, 0) is 49.7 Å². The van der Waals surface area contributed by atoms with Crippen LogP contribution in [0, 0.1) is 5.82 Å². The molecule has 2 N–H and O–H groups in total. The topological polar surface area (TPSA) is 106 Å². The third-order valence-corrected chi connectivity index (χ3v) is 7.66. The number of cyclic esters (lactones) is 1. The van der Waals surface area contributed by atoms with Crippen LogP contribution in [0.3, 0.4) is 0 Å². The lowest BCUT2D eigenvalue weighted by molar-refractivity contribution is -0.113. The zero-order valence-electron chi connectivity index (χ0n) is 18.6. The van der Waals surface area contributed by atoms with Gasteiger partial charge in [0.1, 0.15) is 11.9 Å². The van der Waals surface area contributed by atoms with Gasteiger partial charge in [0.05, 0.1) is 41.3 Å². The monoisotopic (exact) mass is 495 g/mol. The van der Waals surface area contributed by atoms with Gasteiger partial charge in [0, 0.05) is 22.7 Å². The summed E-state index contributed by atoms with van der Waals surface area (Å²) in [6, 6.07) is 8.21. The second-order valence-electron chi connectivity index (χ2n) is 8.82. The van der Waals surface area contributed by atoms with Crippen LogP contribution in [0.25, 0.3) is 11.0 Å². The van der Waals surface area contributed by atoms with Gasteiger partial charge in [0.2, 0.25) is 5.91 Å². The Balaban J connectivity index is 1.06. The number of anilines is 2. The van der Waals surface area contributed by atoms with Gasteiger partial charge in [0.25, 0.3) is 5.56 Å². The van der Waals surface area contributed by atoms with E-state index in [1.807, 2.05) is 12.1 Å². The molecule has 0 saturated carbocycles. The number of benzene rings is 2. The molecular weight excluding hydrogens is 473 g/mol. The van der Waals surface area contributed by atoms with Gasteiger partial charge < -0.3 is 19.9 Å². The highest BCUT2D eigenvalue weighted by Crippen LogP contribution is 2.36. The molecular formula is C24H22FN5O4S. The van der Waals surface area contributed by atoms with Crippen LogP contribution in [0.5, 0.6) is 0 Å². The Labute approximate surface area is 203 Å². The molecule has 0 radical (unpaired) electrons. The summed E-state index contributed by atoms with van der Waals surface area (Å²) in [5.41, 5.74) is 2.77. The van der Waals surface area contributed by atoms with Crippen molar-refractivity contribution in [3.8, 4) is 0 Å².